The van der Waals surface area contributed by atoms with Crippen LogP contribution in [0.4, 0.5) is 0 Å². The average Bonchev–Trinajstić information content (AvgIpc) is 3.28. The largest absolute Gasteiger partial charge is 0.494 e. The SMILES string of the molecule is C=CC(=O)OCCCCCCOc1ccc2cc(C(=O)O[C@H]3CC[C@H](OC(=O)c4ccc5cc(OCCCCCCOC(=O)C=C)ccc5c4)C4(CCCCC4)C3)ccc2c1. The van der Waals surface area contributed by atoms with Crippen molar-refractivity contribution in [2.45, 2.75) is 115 Å². The van der Waals surface area contributed by atoms with Crippen molar-refractivity contribution in [2.75, 3.05) is 26.4 Å². The van der Waals surface area contributed by atoms with Crippen LogP contribution in [0.2, 0.25) is 0 Å². The van der Waals surface area contributed by atoms with Gasteiger partial charge in [-0.15, -0.1) is 0 Å². The maximum Gasteiger partial charge on any atom is 0.338 e. The van der Waals surface area contributed by atoms with Crippen LogP contribution < -0.4 is 9.47 Å². The molecule has 2 atom stereocenters. The lowest BCUT2D eigenvalue weighted by atomic mass is 9.63. The van der Waals surface area contributed by atoms with Gasteiger partial charge < -0.3 is 28.4 Å². The molecule has 1 spiro atoms. The lowest BCUT2D eigenvalue weighted by Gasteiger charge is -2.48. The van der Waals surface area contributed by atoms with E-state index in [1.807, 2.05) is 72.8 Å². The van der Waals surface area contributed by atoms with Gasteiger partial charge in [0.2, 0.25) is 0 Å². The Balaban J connectivity index is 0.966. The number of esters is 4. The van der Waals surface area contributed by atoms with Gasteiger partial charge in [0, 0.05) is 17.6 Å². The first-order valence-electron chi connectivity index (χ1n) is 22.1. The number of carbonyl (C=O) groups is 4. The molecule has 0 unspecified atom stereocenters. The lowest BCUT2D eigenvalue weighted by Crippen LogP contribution is -2.47. The van der Waals surface area contributed by atoms with E-state index in [1.54, 1.807) is 0 Å². The zero-order valence-corrected chi connectivity index (χ0v) is 35.4. The molecule has 0 radical (unpaired) electrons. The standard InChI is InChI=1S/C51H60O10/c1-3-47(52)58-30-14-7-5-12-28-56-43-22-20-37-32-41(18-16-39(37)34-43)49(54)60-45-24-25-46(51(36-45)26-10-9-11-27-51)61-50(55)42-19-17-40-35-44(23-21-38(40)33-42)57-29-13-6-8-15-31-59-48(53)4-2/h3-4,16-23,32-35,45-46H,1-2,5-15,24-31,36H2/t45-,46-/m0/s1. The van der Waals surface area contributed by atoms with Crippen LogP contribution in [0.25, 0.3) is 21.5 Å². The van der Waals surface area contributed by atoms with Crippen LogP contribution in [0.5, 0.6) is 11.5 Å². The molecule has 0 heterocycles. The smallest absolute Gasteiger partial charge is 0.338 e. The third kappa shape index (κ3) is 13.2. The lowest BCUT2D eigenvalue weighted by molar-refractivity contribution is -0.138. The highest BCUT2D eigenvalue weighted by Gasteiger charge is 2.47. The molecule has 2 aliphatic rings. The summed E-state index contributed by atoms with van der Waals surface area (Å²) in [7, 11) is 0. The third-order valence-corrected chi connectivity index (χ3v) is 12.0. The maximum atomic E-state index is 13.7. The first-order chi connectivity index (χ1) is 29.7. The first-order valence-corrected chi connectivity index (χ1v) is 22.1. The van der Waals surface area contributed by atoms with Crippen molar-refractivity contribution in [2.24, 2.45) is 5.41 Å². The fraction of sp³-hybridized carbons (Fsp3) is 0.451. The summed E-state index contributed by atoms with van der Waals surface area (Å²) in [6.07, 6.45) is 16.3. The minimum absolute atomic E-state index is 0.224. The number of fused-ring (bicyclic) bond motifs is 2. The molecule has 4 aromatic rings. The van der Waals surface area contributed by atoms with Crippen molar-refractivity contribution in [1.82, 2.24) is 0 Å². The fourth-order valence-corrected chi connectivity index (χ4v) is 8.65. The summed E-state index contributed by atoms with van der Waals surface area (Å²) in [5, 5.41) is 3.83. The Kier molecular flexibility index (Phi) is 16.8. The molecule has 0 aromatic heterocycles. The van der Waals surface area contributed by atoms with E-state index in [0.29, 0.717) is 56.8 Å². The molecule has 2 saturated carbocycles. The molecule has 2 aliphatic carbocycles. The quantitative estimate of drug-likeness (QED) is 0.0327. The normalized spacial score (nSPS) is 17.0. The van der Waals surface area contributed by atoms with E-state index < -0.39 is 0 Å². The number of hydrogen-bond donors (Lipinski definition) is 0. The Morgan fingerprint density at radius 2 is 1.00 bits per heavy atom. The van der Waals surface area contributed by atoms with Crippen molar-refractivity contribution in [1.29, 1.82) is 0 Å². The monoisotopic (exact) mass is 832 g/mol. The van der Waals surface area contributed by atoms with Crippen molar-refractivity contribution < 1.29 is 47.6 Å². The zero-order chi connectivity index (χ0) is 42.9. The van der Waals surface area contributed by atoms with E-state index in [-0.39, 0.29) is 41.5 Å². The molecule has 0 bridgehead atoms. The van der Waals surface area contributed by atoms with Gasteiger partial charge in [0.25, 0.3) is 0 Å². The van der Waals surface area contributed by atoms with Gasteiger partial charge in [0.05, 0.1) is 37.6 Å². The van der Waals surface area contributed by atoms with Crippen LogP contribution >= 0.6 is 0 Å². The second kappa shape index (κ2) is 22.8. The van der Waals surface area contributed by atoms with Crippen molar-refractivity contribution >= 4 is 45.4 Å². The molecule has 0 aliphatic heterocycles. The molecule has 10 nitrogen and oxygen atoms in total. The van der Waals surface area contributed by atoms with Gasteiger partial charge in [-0.2, -0.15) is 0 Å². The van der Waals surface area contributed by atoms with E-state index >= 15 is 0 Å². The molecular weight excluding hydrogens is 773 g/mol. The minimum atomic E-state index is -0.388. The van der Waals surface area contributed by atoms with Crippen molar-refractivity contribution in [3.05, 3.63) is 109 Å². The van der Waals surface area contributed by atoms with Crippen LogP contribution in [0.3, 0.4) is 0 Å². The second-order valence-corrected chi connectivity index (χ2v) is 16.3. The molecule has 6 rings (SSSR count). The highest BCUT2D eigenvalue weighted by molar-refractivity contribution is 5.97. The molecule has 61 heavy (non-hydrogen) atoms. The van der Waals surface area contributed by atoms with Crippen LogP contribution in [0, 0.1) is 5.41 Å². The summed E-state index contributed by atoms with van der Waals surface area (Å²) in [5.74, 6) is 0.126. The third-order valence-electron chi connectivity index (χ3n) is 12.0. The number of rotatable bonds is 22. The topological polar surface area (TPSA) is 124 Å². The molecule has 0 amide bonds. The van der Waals surface area contributed by atoms with Gasteiger partial charge >= 0.3 is 23.9 Å². The summed E-state index contributed by atoms with van der Waals surface area (Å²) >= 11 is 0. The second-order valence-electron chi connectivity index (χ2n) is 16.3. The van der Waals surface area contributed by atoms with Gasteiger partial charge in [-0.25, -0.2) is 19.2 Å². The van der Waals surface area contributed by atoms with E-state index in [9.17, 15) is 19.2 Å². The predicted molar refractivity (Wildman–Crippen MR) is 236 cm³/mol. The summed E-state index contributed by atoms with van der Waals surface area (Å²) in [6, 6.07) is 23.0. The van der Waals surface area contributed by atoms with Gasteiger partial charge in [0.1, 0.15) is 23.7 Å². The molecule has 0 N–H and O–H groups in total. The Morgan fingerprint density at radius 3 is 1.51 bits per heavy atom. The van der Waals surface area contributed by atoms with E-state index in [1.165, 1.54) is 12.2 Å². The number of unbranched alkanes of at least 4 members (excludes halogenated alkanes) is 6. The average molecular weight is 833 g/mol. The van der Waals surface area contributed by atoms with E-state index in [4.69, 9.17) is 28.4 Å². The van der Waals surface area contributed by atoms with Crippen molar-refractivity contribution in [3.63, 3.8) is 0 Å². The Morgan fingerprint density at radius 1 is 0.541 bits per heavy atom. The summed E-state index contributed by atoms with van der Waals surface area (Å²) in [6.45, 7) is 8.80. The fourth-order valence-electron chi connectivity index (χ4n) is 8.65. The summed E-state index contributed by atoms with van der Waals surface area (Å²) < 4.78 is 34.5. The van der Waals surface area contributed by atoms with Crippen molar-refractivity contribution in [3.8, 4) is 11.5 Å². The summed E-state index contributed by atoms with van der Waals surface area (Å²) in [5.41, 5.74) is 0.809. The number of ether oxygens (including phenoxy) is 6. The van der Waals surface area contributed by atoms with Gasteiger partial charge in [-0.3, -0.25) is 0 Å². The molecule has 4 aromatic carbocycles. The van der Waals surface area contributed by atoms with Crippen LogP contribution in [-0.2, 0) is 28.5 Å². The summed E-state index contributed by atoms with van der Waals surface area (Å²) in [4.78, 5) is 49.5. The predicted octanol–water partition coefficient (Wildman–Crippen LogP) is 11.2. The number of benzene rings is 4. The Bertz CT molecular complexity index is 2130. The molecule has 324 valence electrons. The molecule has 10 heteroatoms. The molecule has 0 saturated heterocycles. The van der Waals surface area contributed by atoms with Crippen LogP contribution in [0.1, 0.15) is 123 Å². The minimum Gasteiger partial charge on any atom is -0.494 e. The van der Waals surface area contributed by atoms with E-state index in [0.717, 1.165) is 117 Å². The van der Waals surface area contributed by atoms with Crippen LogP contribution in [0.15, 0.2) is 98.1 Å². The number of hydrogen-bond acceptors (Lipinski definition) is 10. The highest BCUT2D eigenvalue weighted by Crippen LogP contribution is 2.50. The van der Waals surface area contributed by atoms with Gasteiger partial charge in [0.15, 0.2) is 0 Å². The van der Waals surface area contributed by atoms with Crippen LogP contribution in [-0.4, -0.2) is 62.5 Å². The first kappa shape index (κ1) is 44.9. The Labute approximate surface area is 359 Å². The maximum absolute atomic E-state index is 13.7. The molecular formula is C51H60O10. The zero-order valence-electron chi connectivity index (χ0n) is 35.4. The molecule has 2 fully saturated rings. The van der Waals surface area contributed by atoms with E-state index in [2.05, 4.69) is 13.2 Å². The van der Waals surface area contributed by atoms with Gasteiger partial charge in [-0.05, 0) is 154 Å². The highest BCUT2D eigenvalue weighted by atomic mass is 16.6. The number of carbonyl (C=O) groups excluding carboxylic acids is 4. The Hall–Kier alpha value is -5.64. The van der Waals surface area contributed by atoms with Gasteiger partial charge in [-0.1, -0.05) is 56.7 Å².